The van der Waals surface area contributed by atoms with Gasteiger partial charge in [-0.25, -0.2) is 0 Å². The van der Waals surface area contributed by atoms with Gasteiger partial charge in [-0.3, -0.25) is 0 Å². The maximum absolute atomic E-state index is 6.04. The molecular formula is C20H20N2. The Hall–Kier alpha value is -2.58. The van der Waals surface area contributed by atoms with Gasteiger partial charge in [-0.15, -0.1) is 0 Å². The molecule has 0 fully saturated rings. The summed E-state index contributed by atoms with van der Waals surface area (Å²) in [5, 5.41) is 3.52. The van der Waals surface area contributed by atoms with Crippen molar-refractivity contribution in [2.75, 3.05) is 5.32 Å². The highest BCUT2D eigenvalue weighted by atomic mass is 14.9. The molecule has 0 bridgehead atoms. The second-order valence-electron chi connectivity index (χ2n) is 5.34. The van der Waals surface area contributed by atoms with Gasteiger partial charge in [0.05, 0.1) is 0 Å². The molecule has 0 saturated carbocycles. The standard InChI is InChI=1S/C20H20N2/c1-15-8-5-6-12-19(15)22-20-13-7-11-17(18(20)14-21)16-9-3-2-4-10-16/h2-13,22H,14,21H2,1H3. The lowest BCUT2D eigenvalue weighted by Gasteiger charge is -2.16. The van der Waals surface area contributed by atoms with Gasteiger partial charge in [0.15, 0.2) is 0 Å². The third-order valence-electron chi connectivity index (χ3n) is 3.88. The van der Waals surface area contributed by atoms with E-state index in [-0.39, 0.29) is 0 Å². The normalized spacial score (nSPS) is 10.5. The number of aryl methyl sites for hydroxylation is 1. The fourth-order valence-corrected chi connectivity index (χ4v) is 2.67. The van der Waals surface area contributed by atoms with Gasteiger partial charge < -0.3 is 11.1 Å². The number of hydrogen-bond donors (Lipinski definition) is 2. The van der Waals surface area contributed by atoms with Crippen LogP contribution in [0.4, 0.5) is 11.4 Å². The van der Waals surface area contributed by atoms with E-state index in [0.717, 1.165) is 16.9 Å². The minimum Gasteiger partial charge on any atom is -0.355 e. The van der Waals surface area contributed by atoms with Crippen LogP contribution in [0.25, 0.3) is 11.1 Å². The van der Waals surface area contributed by atoms with Crippen LogP contribution in [-0.4, -0.2) is 0 Å². The number of para-hydroxylation sites is 1. The molecule has 3 aromatic rings. The molecule has 0 unspecified atom stereocenters. The molecular weight excluding hydrogens is 268 g/mol. The van der Waals surface area contributed by atoms with E-state index >= 15 is 0 Å². The summed E-state index contributed by atoms with van der Waals surface area (Å²) in [7, 11) is 0. The number of benzene rings is 3. The molecule has 0 amide bonds. The molecule has 0 radical (unpaired) electrons. The van der Waals surface area contributed by atoms with Crippen molar-refractivity contribution in [1.82, 2.24) is 0 Å². The van der Waals surface area contributed by atoms with E-state index in [4.69, 9.17) is 5.73 Å². The average Bonchev–Trinajstić information content (AvgIpc) is 2.57. The van der Waals surface area contributed by atoms with Crippen LogP contribution in [0.1, 0.15) is 11.1 Å². The van der Waals surface area contributed by atoms with Gasteiger partial charge in [-0.1, -0.05) is 60.7 Å². The van der Waals surface area contributed by atoms with Gasteiger partial charge >= 0.3 is 0 Å². The van der Waals surface area contributed by atoms with Gasteiger partial charge in [-0.05, 0) is 41.3 Å². The second-order valence-corrected chi connectivity index (χ2v) is 5.34. The Kier molecular flexibility index (Phi) is 4.22. The van der Waals surface area contributed by atoms with Crippen LogP contribution in [0, 0.1) is 6.92 Å². The van der Waals surface area contributed by atoms with Crippen molar-refractivity contribution in [1.29, 1.82) is 0 Å². The SMILES string of the molecule is Cc1ccccc1Nc1cccc(-c2ccccc2)c1CN. The van der Waals surface area contributed by atoms with Gasteiger partial charge in [-0.2, -0.15) is 0 Å². The topological polar surface area (TPSA) is 38.0 Å². The zero-order chi connectivity index (χ0) is 15.4. The molecule has 2 heteroatoms. The summed E-state index contributed by atoms with van der Waals surface area (Å²) < 4.78 is 0. The largest absolute Gasteiger partial charge is 0.355 e. The first-order valence-corrected chi connectivity index (χ1v) is 7.49. The van der Waals surface area contributed by atoms with E-state index in [1.807, 2.05) is 18.2 Å². The Labute approximate surface area is 131 Å². The first-order chi connectivity index (χ1) is 10.8. The molecule has 3 N–H and O–H groups in total. The van der Waals surface area contributed by atoms with Crippen LogP contribution in [0.2, 0.25) is 0 Å². The Balaban J connectivity index is 2.04. The molecule has 3 rings (SSSR count). The Bertz CT molecular complexity index is 764. The summed E-state index contributed by atoms with van der Waals surface area (Å²) in [4.78, 5) is 0. The van der Waals surface area contributed by atoms with Crippen molar-refractivity contribution in [2.45, 2.75) is 13.5 Å². The quantitative estimate of drug-likeness (QED) is 0.719. The van der Waals surface area contributed by atoms with Crippen LogP contribution in [0.3, 0.4) is 0 Å². The lowest BCUT2D eigenvalue weighted by molar-refractivity contribution is 1.07. The molecule has 0 aliphatic heterocycles. The first kappa shape index (κ1) is 14.4. The molecule has 2 nitrogen and oxygen atoms in total. The highest BCUT2D eigenvalue weighted by molar-refractivity contribution is 5.77. The van der Waals surface area contributed by atoms with Crippen LogP contribution in [0.5, 0.6) is 0 Å². The monoisotopic (exact) mass is 288 g/mol. The molecule has 0 aromatic heterocycles. The predicted octanol–water partition coefficient (Wildman–Crippen LogP) is 4.86. The Morgan fingerprint density at radius 3 is 2.18 bits per heavy atom. The minimum atomic E-state index is 0.499. The van der Waals surface area contributed by atoms with Gasteiger partial charge in [0.25, 0.3) is 0 Å². The third kappa shape index (κ3) is 2.87. The van der Waals surface area contributed by atoms with Crippen molar-refractivity contribution in [3.8, 4) is 11.1 Å². The van der Waals surface area contributed by atoms with E-state index < -0.39 is 0 Å². The van der Waals surface area contributed by atoms with Crippen LogP contribution in [-0.2, 0) is 6.54 Å². The lowest BCUT2D eigenvalue weighted by atomic mass is 9.98. The summed E-state index contributed by atoms with van der Waals surface area (Å²) in [5.41, 5.74) is 12.9. The molecule has 0 aliphatic carbocycles. The second kappa shape index (κ2) is 6.46. The van der Waals surface area contributed by atoms with E-state index in [0.29, 0.717) is 6.54 Å². The van der Waals surface area contributed by atoms with E-state index in [1.54, 1.807) is 0 Å². The molecule has 0 atom stereocenters. The predicted molar refractivity (Wildman–Crippen MR) is 94.2 cm³/mol. The van der Waals surface area contributed by atoms with E-state index in [1.165, 1.54) is 16.7 Å². The zero-order valence-electron chi connectivity index (χ0n) is 12.7. The number of anilines is 2. The Morgan fingerprint density at radius 1 is 0.773 bits per heavy atom. The highest BCUT2D eigenvalue weighted by Crippen LogP contribution is 2.31. The molecule has 110 valence electrons. The van der Waals surface area contributed by atoms with Crippen LogP contribution in [0.15, 0.2) is 72.8 Å². The fourth-order valence-electron chi connectivity index (χ4n) is 2.67. The van der Waals surface area contributed by atoms with Gasteiger partial charge in [0, 0.05) is 17.9 Å². The van der Waals surface area contributed by atoms with Gasteiger partial charge in [0.2, 0.25) is 0 Å². The summed E-state index contributed by atoms with van der Waals surface area (Å²) in [6, 6.07) is 24.9. The van der Waals surface area contributed by atoms with Crippen LogP contribution >= 0.6 is 0 Å². The summed E-state index contributed by atoms with van der Waals surface area (Å²) in [6.07, 6.45) is 0. The average molecular weight is 288 g/mol. The number of rotatable bonds is 4. The maximum atomic E-state index is 6.04. The smallest absolute Gasteiger partial charge is 0.0436 e. The number of nitrogens with one attached hydrogen (secondary N) is 1. The van der Waals surface area contributed by atoms with E-state index in [2.05, 4.69) is 66.8 Å². The summed E-state index contributed by atoms with van der Waals surface area (Å²) >= 11 is 0. The number of hydrogen-bond acceptors (Lipinski definition) is 2. The fraction of sp³-hybridized carbons (Fsp3) is 0.100. The zero-order valence-corrected chi connectivity index (χ0v) is 12.7. The van der Waals surface area contributed by atoms with Crippen molar-refractivity contribution >= 4 is 11.4 Å². The van der Waals surface area contributed by atoms with Crippen LogP contribution < -0.4 is 11.1 Å². The summed E-state index contributed by atoms with van der Waals surface area (Å²) in [5.74, 6) is 0. The van der Waals surface area contributed by atoms with Crippen molar-refractivity contribution in [3.63, 3.8) is 0 Å². The molecule has 0 spiro atoms. The number of nitrogens with two attached hydrogens (primary N) is 1. The van der Waals surface area contributed by atoms with Crippen molar-refractivity contribution in [3.05, 3.63) is 83.9 Å². The lowest BCUT2D eigenvalue weighted by Crippen LogP contribution is -2.04. The maximum Gasteiger partial charge on any atom is 0.0436 e. The first-order valence-electron chi connectivity index (χ1n) is 7.49. The third-order valence-corrected chi connectivity index (χ3v) is 3.88. The molecule has 0 aliphatic rings. The molecule has 3 aromatic carbocycles. The Morgan fingerprint density at radius 2 is 1.45 bits per heavy atom. The minimum absolute atomic E-state index is 0.499. The molecule has 0 saturated heterocycles. The highest BCUT2D eigenvalue weighted by Gasteiger charge is 2.09. The van der Waals surface area contributed by atoms with Gasteiger partial charge in [0.1, 0.15) is 0 Å². The van der Waals surface area contributed by atoms with E-state index in [9.17, 15) is 0 Å². The van der Waals surface area contributed by atoms with Crippen molar-refractivity contribution in [2.24, 2.45) is 5.73 Å². The molecule has 0 heterocycles. The molecule has 22 heavy (non-hydrogen) atoms. The summed E-state index contributed by atoms with van der Waals surface area (Å²) in [6.45, 7) is 2.60. The van der Waals surface area contributed by atoms with Crippen molar-refractivity contribution < 1.29 is 0 Å².